The molecule has 20 heavy (non-hydrogen) atoms. The molecule has 2 unspecified atom stereocenters. The van der Waals surface area contributed by atoms with Gasteiger partial charge in [-0.15, -0.1) is 0 Å². The Balaban J connectivity index is 1.94. The molecule has 0 aromatic carbocycles. The van der Waals surface area contributed by atoms with E-state index in [1.807, 2.05) is 6.92 Å². The summed E-state index contributed by atoms with van der Waals surface area (Å²) < 4.78 is 24.9. The van der Waals surface area contributed by atoms with Crippen LogP contribution < -0.4 is 0 Å². The number of rotatable bonds is 4. The van der Waals surface area contributed by atoms with E-state index in [4.69, 9.17) is 0 Å². The van der Waals surface area contributed by atoms with E-state index in [1.165, 1.54) is 25.5 Å². The van der Waals surface area contributed by atoms with Gasteiger partial charge in [-0.05, 0) is 50.9 Å². The van der Waals surface area contributed by atoms with Crippen molar-refractivity contribution in [2.45, 2.75) is 63.9 Å². The van der Waals surface area contributed by atoms with Gasteiger partial charge in [0, 0.05) is 13.1 Å². The molecular weight excluding hydrogens is 274 g/mol. The van der Waals surface area contributed by atoms with E-state index in [0.29, 0.717) is 24.9 Å². The van der Waals surface area contributed by atoms with E-state index in [1.54, 1.807) is 4.31 Å². The van der Waals surface area contributed by atoms with E-state index in [-0.39, 0.29) is 0 Å². The number of nitrogens with zero attached hydrogens (tertiary/aromatic N) is 1. The van der Waals surface area contributed by atoms with Crippen molar-refractivity contribution in [3.05, 3.63) is 0 Å². The Bertz CT molecular complexity index is 413. The van der Waals surface area contributed by atoms with Crippen LogP contribution in [0.5, 0.6) is 0 Å². The minimum absolute atomic E-state index is 0.301. The topological polar surface area (TPSA) is 57.6 Å². The van der Waals surface area contributed by atoms with Crippen LogP contribution in [-0.2, 0) is 10.0 Å². The van der Waals surface area contributed by atoms with Crippen LogP contribution >= 0.6 is 0 Å². The van der Waals surface area contributed by atoms with Gasteiger partial charge in [0.15, 0.2) is 0 Å². The molecule has 4 nitrogen and oxygen atoms in total. The molecule has 2 fully saturated rings. The van der Waals surface area contributed by atoms with Crippen molar-refractivity contribution in [2.75, 3.05) is 19.3 Å². The van der Waals surface area contributed by atoms with Gasteiger partial charge in [-0.2, -0.15) is 0 Å². The molecule has 1 N–H and O–H groups in total. The second-order valence-corrected chi connectivity index (χ2v) is 9.01. The SMILES string of the molecule is CC(O)(CC1CCCN(S(C)(=O)=O)C1)C1CCCCC1. The average Bonchev–Trinajstić information content (AvgIpc) is 2.38. The van der Waals surface area contributed by atoms with Gasteiger partial charge in [0.05, 0.1) is 11.9 Å². The largest absolute Gasteiger partial charge is 0.390 e. The van der Waals surface area contributed by atoms with E-state index >= 15 is 0 Å². The van der Waals surface area contributed by atoms with Crippen molar-refractivity contribution in [1.29, 1.82) is 0 Å². The van der Waals surface area contributed by atoms with Crippen LogP contribution in [0.3, 0.4) is 0 Å². The first kappa shape index (κ1) is 16.2. The van der Waals surface area contributed by atoms with Gasteiger partial charge in [0.25, 0.3) is 0 Å². The molecular formula is C15H29NO3S. The molecule has 0 radical (unpaired) electrons. The van der Waals surface area contributed by atoms with Crippen LogP contribution in [0.2, 0.25) is 0 Å². The molecule has 0 spiro atoms. The van der Waals surface area contributed by atoms with Crippen LogP contribution in [-0.4, -0.2) is 42.8 Å². The van der Waals surface area contributed by atoms with Crippen molar-refractivity contribution < 1.29 is 13.5 Å². The Morgan fingerprint density at radius 3 is 2.40 bits per heavy atom. The Morgan fingerprint density at radius 1 is 1.15 bits per heavy atom. The van der Waals surface area contributed by atoms with Gasteiger partial charge < -0.3 is 5.11 Å². The van der Waals surface area contributed by atoms with Crippen LogP contribution in [0, 0.1) is 11.8 Å². The van der Waals surface area contributed by atoms with Crippen molar-refractivity contribution in [1.82, 2.24) is 4.31 Å². The normalized spacial score (nSPS) is 30.1. The molecule has 2 aliphatic rings. The first-order valence-electron chi connectivity index (χ1n) is 7.96. The zero-order valence-corrected chi connectivity index (χ0v) is 13.7. The van der Waals surface area contributed by atoms with Gasteiger partial charge in [-0.3, -0.25) is 0 Å². The average molecular weight is 303 g/mol. The number of piperidine rings is 1. The molecule has 0 aromatic heterocycles. The molecule has 0 bridgehead atoms. The summed E-state index contributed by atoms with van der Waals surface area (Å²) in [5.74, 6) is 0.695. The summed E-state index contributed by atoms with van der Waals surface area (Å²) in [5.41, 5.74) is -0.633. The minimum Gasteiger partial charge on any atom is -0.390 e. The third kappa shape index (κ3) is 4.18. The summed E-state index contributed by atoms with van der Waals surface area (Å²) in [6.07, 6.45) is 9.95. The van der Waals surface area contributed by atoms with Crippen molar-refractivity contribution >= 4 is 10.0 Å². The summed E-state index contributed by atoms with van der Waals surface area (Å²) in [7, 11) is -3.09. The number of aliphatic hydroxyl groups is 1. The predicted molar refractivity (Wildman–Crippen MR) is 81.0 cm³/mol. The lowest BCUT2D eigenvalue weighted by Crippen LogP contribution is -2.44. The molecule has 2 atom stereocenters. The van der Waals surface area contributed by atoms with Gasteiger partial charge in [0.1, 0.15) is 0 Å². The summed E-state index contributed by atoms with van der Waals surface area (Å²) in [6.45, 7) is 3.19. The van der Waals surface area contributed by atoms with Crippen LogP contribution in [0.1, 0.15) is 58.3 Å². The number of sulfonamides is 1. The number of hydrogen-bond acceptors (Lipinski definition) is 3. The highest BCUT2D eigenvalue weighted by Crippen LogP contribution is 2.38. The highest BCUT2D eigenvalue weighted by Gasteiger charge is 2.37. The maximum Gasteiger partial charge on any atom is 0.211 e. The number of hydrogen-bond donors (Lipinski definition) is 1. The molecule has 1 saturated heterocycles. The standard InChI is InChI=1S/C15H29NO3S/c1-15(17,14-8-4-3-5-9-14)11-13-7-6-10-16(12-13)20(2,18)19/h13-14,17H,3-12H2,1-2H3. The van der Waals surface area contributed by atoms with Gasteiger partial charge in [-0.1, -0.05) is 19.3 Å². The molecule has 1 heterocycles. The highest BCUT2D eigenvalue weighted by atomic mass is 32.2. The lowest BCUT2D eigenvalue weighted by atomic mass is 9.73. The fraction of sp³-hybridized carbons (Fsp3) is 1.00. The second kappa shape index (κ2) is 6.32. The van der Waals surface area contributed by atoms with Crippen molar-refractivity contribution in [2.24, 2.45) is 11.8 Å². The molecule has 118 valence electrons. The Labute approximate surface area is 123 Å². The van der Waals surface area contributed by atoms with Crippen LogP contribution in [0.4, 0.5) is 0 Å². The highest BCUT2D eigenvalue weighted by molar-refractivity contribution is 7.88. The lowest BCUT2D eigenvalue weighted by Gasteiger charge is -2.40. The van der Waals surface area contributed by atoms with E-state index < -0.39 is 15.6 Å². The van der Waals surface area contributed by atoms with E-state index in [2.05, 4.69) is 0 Å². The van der Waals surface area contributed by atoms with Crippen molar-refractivity contribution in [3.63, 3.8) is 0 Å². The lowest BCUT2D eigenvalue weighted by molar-refractivity contribution is -0.0406. The molecule has 2 rings (SSSR count). The third-order valence-corrected chi connectivity index (χ3v) is 6.41. The molecule has 1 aliphatic heterocycles. The monoisotopic (exact) mass is 303 g/mol. The van der Waals surface area contributed by atoms with Crippen LogP contribution in [0.15, 0.2) is 0 Å². The smallest absolute Gasteiger partial charge is 0.211 e. The molecule has 0 amide bonds. The van der Waals surface area contributed by atoms with Crippen molar-refractivity contribution in [3.8, 4) is 0 Å². The fourth-order valence-electron chi connectivity index (χ4n) is 3.97. The van der Waals surface area contributed by atoms with Gasteiger partial charge in [-0.25, -0.2) is 12.7 Å². The Hall–Kier alpha value is -0.130. The zero-order chi connectivity index (χ0) is 14.8. The molecule has 5 heteroatoms. The molecule has 0 aromatic rings. The first-order chi connectivity index (χ1) is 9.29. The molecule has 1 aliphatic carbocycles. The predicted octanol–water partition coefficient (Wildman–Crippen LogP) is 2.38. The molecule has 1 saturated carbocycles. The summed E-state index contributed by atoms with van der Waals surface area (Å²) in [5, 5.41) is 10.8. The van der Waals surface area contributed by atoms with E-state index in [9.17, 15) is 13.5 Å². The van der Waals surface area contributed by atoms with Gasteiger partial charge in [0.2, 0.25) is 10.0 Å². The first-order valence-corrected chi connectivity index (χ1v) is 9.81. The minimum atomic E-state index is -3.09. The summed E-state index contributed by atoms with van der Waals surface area (Å²) in [6, 6.07) is 0. The maximum absolute atomic E-state index is 11.7. The summed E-state index contributed by atoms with van der Waals surface area (Å²) in [4.78, 5) is 0. The second-order valence-electron chi connectivity index (χ2n) is 7.03. The summed E-state index contributed by atoms with van der Waals surface area (Å²) >= 11 is 0. The zero-order valence-electron chi connectivity index (χ0n) is 12.8. The maximum atomic E-state index is 11.7. The van der Waals surface area contributed by atoms with Gasteiger partial charge >= 0.3 is 0 Å². The third-order valence-electron chi connectivity index (χ3n) is 5.14. The van der Waals surface area contributed by atoms with Crippen LogP contribution in [0.25, 0.3) is 0 Å². The Morgan fingerprint density at radius 2 is 1.80 bits per heavy atom. The van der Waals surface area contributed by atoms with E-state index in [0.717, 1.165) is 32.1 Å². The Kier molecular flexibility index (Phi) is 5.14. The fourth-order valence-corrected chi connectivity index (χ4v) is 4.91. The quantitative estimate of drug-likeness (QED) is 0.867.